The Bertz CT molecular complexity index is 325. The molecule has 0 aliphatic carbocycles. The highest BCUT2D eigenvalue weighted by atomic mass is 79.9. The van der Waals surface area contributed by atoms with Crippen molar-refractivity contribution in [1.29, 1.82) is 5.26 Å². The summed E-state index contributed by atoms with van der Waals surface area (Å²) in [7, 11) is 0. The van der Waals surface area contributed by atoms with Crippen LogP contribution in [-0.4, -0.2) is 5.33 Å². The number of hydrogen-bond donors (Lipinski definition) is 0. The zero-order valence-corrected chi connectivity index (χ0v) is 9.26. The summed E-state index contributed by atoms with van der Waals surface area (Å²) >= 11 is 3.38. The molecule has 0 saturated heterocycles. The monoisotopic (exact) mass is 237 g/mol. The third-order valence-corrected chi connectivity index (χ3v) is 2.53. The fourth-order valence-corrected chi connectivity index (χ4v) is 1.55. The van der Waals surface area contributed by atoms with E-state index in [1.165, 1.54) is 0 Å². The van der Waals surface area contributed by atoms with Crippen molar-refractivity contribution in [1.82, 2.24) is 0 Å². The zero-order chi connectivity index (χ0) is 9.68. The molecule has 68 valence electrons. The van der Waals surface area contributed by atoms with Crippen LogP contribution in [0.3, 0.4) is 0 Å². The second-order valence-corrected chi connectivity index (χ2v) is 3.86. The Labute approximate surface area is 87.5 Å². The van der Waals surface area contributed by atoms with E-state index >= 15 is 0 Å². The average molecular weight is 238 g/mol. The first-order valence-corrected chi connectivity index (χ1v) is 5.45. The molecule has 13 heavy (non-hydrogen) atoms. The predicted octanol–water partition coefficient (Wildman–Crippen LogP) is 3.19. The topological polar surface area (TPSA) is 23.8 Å². The highest BCUT2D eigenvalue weighted by Gasteiger charge is 2.00. The molecule has 0 spiro atoms. The van der Waals surface area contributed by atoms with E-state index in [1.807, 2.05) is 13.0 Å². The van der Waals surface area contributed by atoms with E-state index in [9.17, 15) is 0 Å². The van der Waals surface area contributed by atoms with Gasteiger partial charge in [-0.2, -0.15) is 5.26 Å². The summed E-state index contributed by atoms with van der Waals surface area (Å²) in [5.74, 6) is 0. The fourth-order valence-electron chi connectivity index (χ4n) is 1.27. The van der Waals surface area contributed by atoms with Gasteiger partial charge < -0.3 is 0 Å². The van der Waals surface area contributed by atoms with Crippen LogP contribution >= 0.6 is 15.9 Å². The molecule has 0 fully saturated rings. The lowest BCUT2D eigenvalue weighted by Gasteiger charge is -2.02. The lowest BCUT2D eigenvalue weighted by atomic mass is 10.0. The molecule has 1 rings (SSSR count). The molecule has 0 N–H and O–H groups in total. The van der Waals surface area contributed by atoms with Crippen molar-refractivity contribution in [3.63, 3.8) is 0 Å². The van der Waals surface area contributed by atoms with Crippen LogP contribution in [0.5, 0.6) is 0 Å². The summed E-state index contributed by atoms with van der Waals surface area (Å²) in [6.45, 7) is 2.01. The van der Waals surface area contributed by atoms with E-state index in [4.69, 9.17) is 5.26 Å². The summed E-state index contributed by atoms with van der Waals surface area (Å²) in [6, 6.07) is 8.29. The first kappa shape index (κ1) is 10.3. The van der Waals surface area contributed by atoms with Crippen LogP contribution in [0.25, 0.3) is 0 Å². The van der Waals surface area contributed by atoms with Gasteiger partial charge in [-0.3, -0.25) is 0 Å². The predicted molar refractivity (Wildman–Crippen MR) is 58.0 cm³/mol. The Balaban J connectivity index is 2.88. The van der Waals surface area contributed by atoms with Gasteiger partial charge in [-0.1, -0.05) is 28.1 Å². The molecule has 2 heteroatoms. The molecule has 0 radical (unpaired) electrons. The second-order valence-electron chi connectivity index (χ2n) is 3.06. The van der Waals surface area contributed by atoms with Crippen molar-refractivity contribution in [2.45, 2.75) is 19.8 Å². The van der Waals surface area contributed by atoms with Crippen LogP contribution in [0.4, 0.5) is 0 Å². The van der Waals surface area contributed by atoms with E-state index in [2.05, 4.69) is 34.1 Å². The standard InChI is InChI=1S/C11H12BrN/c1-9-4-5-10(3-2-6-12)11(7-9)8-13/h4-5,7H,2-3,6H2,1H3. The number of rotatable bonds is 3. The molecule has 1 nitrogen and oxygen atoms in total. The van der Waals surface area contributed by atoms with Gasteiger partial charge >= 0.3 is 0 Å². The number of hydrogen-bond acceptors (Lipinski definition) is 1. The summed E-state index contributed by atoms with van der Waals surface area (Å²) in [4.78, 5) is 0. The number of halogens is 1. The normalized spacial score (nSPS) is 9.62. The first-order valence-electron chi connectivity index (χ1n) is 4.33. The number of aryl methyl sites for hydroxylation is 2. The van der Waals surface area contributed by atoms with Crippen molar-refractivity contribution in [3.05, 3.63) is 34.9 Å². The van der Waals surface area contributed by atoms with Crippen molar-refractivity contribution >= 4 is 15.9 Å². The summed E-state index contributed by atoms with van der Waals surface area (Å²) < 4.78 is 0. The van der Waals surface area contributed by atoms with Crippen LogP contribution in [0, 0.1) is 18.3 Å². The maximum atomic E-state index is 8.88. The molecule has 0 bridgehead atoms. The fraction of sp³-hybridized carbons (Fsp3) is 0.364. The lowest BCUT2D eigenvalue weighted by molar-refractivity contribution is 0.934. The molecule has 0 aromatic heterocycles. The van der Waals surface area contributed by atoms with Gasteiger partial charge in [0.2, 0.25) is 0 Å². The molecule has 0 amide bonds. The van der Waals surface area contributed by atoms with Crippen LogP contribution in [-0.2, 0) is 6.42 Å². The quantitative estimate of drug-likeness (QED) is 0.742. The minimum absolute atomic E-state index is 0.820. The smallest absolute Gasteiger partial charge is 0.0994 e. The molecule has 0 aliphatic heterocycles. The molecule has 0 atom stereocenters. The number of nitrogens with zero attached hydrogens (tertiary/aromatic N) is 1. The minimum atomic E-state index is 0.820. The Morgan fingerprint density at radius 1 is 1.46 bits per heavy atom. The van der Waals surface area contributed by atoms with E-state index in [-0.39, 0.29) is 0 Å². The van der Waals surface area contributed by atoms with Gasteiger partial charge in [0.25, 0.3) is 0 Å². The molecule has 0 unspecified atom stereocenters. The van der Waals surface area contributed by atoms with E-state index < -0.39 is 0 Å². The van der Waals surface area contributed by atoms with Crippen LogP contribution < -0.4 is 0 Å². The van der Waals surface area contributed by atoms with E-state index in [0.29, 0.717) is 0 Å². The third-order valence-electron chi connectivity index (χ3n) is 1.97. The van der Waals surface area contributed by atoms with Gasteiger partial charge in [-0.05, 0) is 37.0 Å². The van der Waals surface area contributed by atoms with Crippen molar-refractivity contribution < 1.29 is 0 Å². The van der Waals surface area contributed by atoms with Gasteiger partial charge in [0.15, 0.2) is 0 Å². The lowest BCUT2D eigenvalue weighted by Crippen LogP contribution is -1.91. The highest BCUT2D eigenvalue weighted by molar-refractivity contribution is 9.09. The Hall–Kier alpha value is -0.810. The first-order chi connectivity index (χ1) is 6.27. The minimum Gasteiger partial charge on any atom is -0.192 e. The van der Waals surface area contributed by atoms with Gasteiger partial charge in [-0.25, -0.2) is 0 Å². The van der Waals surface area contributed by atoms with E-state index in [1.54, 1.807) is 0 Å². The van der Waals surface area contributed by atoms with Crippen molar-refractivity contribution in [3.8, 4) is 6.07 Å². The number of alkyl halides is 1. The number of nitriles is 1. The van der Waals surface area contributed by atoms with Crippen LogP contribution in [0.15, 0.2) is 18.2 Å². The maximum Gasteiger partial charge on any atom is 0.0994 e. The third kappa shape index (κ3) is 2.86. The SMILES string of the molecule is Cc1ccc(CCCBr)c(C#N)c1. The van der Waals surface area contributed by atoms with Gasteiger partial charge in [0.05, 0.1) is 11.6 Å². The number of benzene rings is 1. The summed E-state index contributed by atoms with van der Waals surface area (Å²) in [5, 5.41) is 9.87. The van der Waals surface area contributed by atoms with Crippen molar-refractivity contribution in [2.24, 2.45) is 0 Å². The molecular formula is C11H12BrN. The molecule has 0 aliphatic rings. The summed E-state index contributed by atoms with van der Waals surface area (Å²) in [6.07, 6.45) is 2.06. The zero-order valence-electron chi connectivity index (χ0n) is 7.68. The van der Waals surface area contributed by atoms with E-state index in [0.717, 1.165) is 34.9 Å². The van der Waals surface area contributed by atoms with Gasteiger partial charge in [0.1, 0.15) is 0 Å². The summed E-state index contributed by atoms with van der Waals surface area (Å²) in [5.41, 5.74) is 3.13. The molecule has 1 aromatic rings. The average Bonchev–Trinajstić information content (AvgIpc) is 2.16. The van der Waals surface area contributed by atoms with Crippen LogP contribution in [0.2, 0.25) is 0 Å². The molecular weight excluding hydrogens is 226 g/mol. The Kier molecular flexibility index (Phi) is 3.98. The van der Waals surface area contributed by atoms with Crippen LogP contribution in [0.1, 0.15) is 23.1 Å². The molecule has 0 heterocycles. The highest BCUT2D eigenvalue weighted by Crippen LogP contribution is 2.13. The Morgan fingerprint density at radius 3 is 2.85 bits per heavy atom. The maximum absolute atomic E-state index is 8.88. The van der Waals surface area contributed by atoms with Gasteiger partial charge in [0, 0.05) is 5.33 Å². The van der Waals surface area contributed by atoms with Crippen molar-refractivity contribution in [2.75, 3.05) is 5.33 Å². The molecule has 1 aromatic carbocycles. The van der Waals surface area contributed by atoms with Gasteiger partial charge in [-0.15, -0.1) is 0 Å². The second kappa shape index (κ2) is 5.04. The Morgan fingerprint density at radius 2 is 2.23 bits per heavy atom. The molecule has 0 saturated carbocycles. The largest absolute Gasteiger partial charge is 0.192 e.